The minimum Gasteiger partial charge on any atom is -0.496 e. The lowest BCUT2D eigenvalue weighted by Crippen LogP contribution is -2.14. The number of nitrogens with two attached hydrogens (primary N) is 1. The number of hydrogen-bond donors (Lipinski definition) is 1. The predicted octanol–water partition coefficient (Wildman–Crippen LogP) is 1.21. The number of primary sulfonamides is 1. The molecule has 0 fully saturated rings. The Morgan fingerprint density at radius 1 is 1.40 bits per heavy atom. The van der Waals surface area contributed by atoms with Crippen LogP contribution >= 0.6 is 0 Å². The van der Waals surface area contributed by atoms with Gasteiger partial charge in [0.05, 0.1) is 12.0 Å². The summed E-state index contributed by atoms with van der Waals surface area (Å²) in [6.45, 7) is 3.63. The molecule has 0 saturated heterocycles. The van der Waals surface area contributed by atoms with Gasteiger partial charge in [0.25, 0.3) is 0 Å². The van der Waals surface area contributed by atoms with Gasteiger partial charge in [0.2, 0.25) is 10.0 Å². The Kier molecular flexibility index (Phi) is 3.36. The highest BCUT2D eigenvalue weighted by molar-refractivity contribution is 7.89. The van der Waals surface area contributed by atoms with E-state index in [1.54, 1.807) is 26.2 Å². The molecule has 0 bridgehead atoms. The quantitative estimate of drug-likeness (QED) is 0.847. The second-order valence-corrected chi connectivity index (χ2v) is 4.86. The fourth-order valence-corrected chi connectivity index (χ4v) is 2.29. The number of methoxy groups -OCH3 is 1. The van der Waals surface area contributed by atoms with E-state index < -0.39 is 10.0 Å². The minimum absolute atomic E-state index is 0.167. The van der Waals surface area contributed by atoms with Crippen LogP contribution in [-0.4, -0.2) is 15.5 Å². The molecule has 0 radical (unpaired) electrons. The molecule has 0 saturated carbocycles. The third kappa shape index (κ3) is 2.49. The van der Waals surface area contributed by atoms with Gasteiger partial charge in [-0.1, -0.05) is 6.92 Å². The van der Waals surface area contributed by atoms with Crippen molar-refractivity contribution in [2.75, 3.05) is 7.11 Å². The molecule has 0 aliphatic heterocycles. The van der Waals surface area contributed by atoms with Crippen LogP contribution in [0.1, 0.15) is 18.1 Å². The van der Waals surface area contributed by atoms with Crippen molar-refractivity contribution < 1.29 is 13.2 Å². The first-order valence-electron chi connectivity index (χ1n) is 4.60. The molecule has 5 heteroatoms. The number of sulfonamides is 1. The van der Waals surface area contributed by atoms with Gasteiger partial charge in [-0.15, -0.1) is 0 Å². The van der Waals surface area contributed by atoms with Gasteiger partial charge >= 0.3 is 0 Å². The zero-order chi connectivity index (χ0) is 11.6. The van der Waals surface area contributed by atoms with Gasteiger partial charge in [0, 0.05) is 0 Å². The van der Waals surface area contributed by atoms with Gasteiger partial charge < -0.3 is 4.74 Å². The largest absolute Gasteiger partial charge is 0.496 e. The molecule has 0 aromatic heterocycles. The van der Waals surface area contributed by atoms with Crippen molar-refractivity contribution in [1.82, 2.24) is 0 Å². The van der Waals surface area contributed by atoms with Crippen molar-refractivity contribution in [3.63, 3.8) is 0 Å². The first-order valence-corrected chi connectivity index (χ1v) is 6.15. The van der Waals surface area contributed by atoms with E-state index >= 15 is 0 Å². The van der Waals surface area contributed by atoms with Crippen LogP contribution in [0.3, 0.4) is 0 Å². The first-order chi connectivity index (χ1) is 6.90. The van der Waals surface area contributed by atoms with Crippen molar-refractivity contribution in [1.29, 1.82) is 0 Å². The Labute approximate surface area is 90.1 Å². The smallest absolute Gasteiger partial charge is 0.238 e. The molecule has 4 nitrogen and oxygen atoms in total. The van der Waals surface area contributed by atoms with E-state index in [1.165, 1.54) is 0 Å². The molecule has 2 N–H and O–H groups in total. The number of hydrogen-bond acceptors (Lipinski definition) is 3. The van der Waals surface area contributed by atoms with E-state index in [4.69, 9.17) is 9.88 Å². The molecule has 0 atom stereocenters. The molecule has 1 aromatic carbocycles. The Balaban J connectivity index is 3.46. The van der Waals surface area contributed by atoms with E-state index in [9.17, 15) is 8.42 Å². The molecule has 1 rings (SSSR count). The van der Waals surface area contributed by atoms with Crippen LogP contribution < -0.4 is 9.88 Å². The lowest BCUT2D eigenvalue weighted by molar-refractivity contribution is 0.409. The van der Waals surface area contributed by atoms with E-state index in [0.29, 0.717) is 17.7 Å². The molecule has 0 unspecified atom stereocenters. The van der Waals surface area contributed by atoms with Crippen molar-refractivity contribution in [2.45, 2.75) is 25.2 Å². The van der Waals surface area contributed by atoms with Crippen LogP contribution in [0.25, 0.3) is 0 Å². The van der Waals surface area contributed by atoms with Crippen LogP contribution in [0, 0.1) is 6.92 Å². The third-order valence-corrected chi connectivity index (χ3v) is 3.32. The fraction of sp³-hybridized carbons (Fsp3) is 0.400. The van der Waals surface area contributed by atoms with Crippen LogP contribution in [0.5, 0.6) is 5.75 Å². The average Bonchev–Trinajstić information content (AvgIpc) is 2.15. The topological polar surface area (TPSA) is 69.4 Å². The summed E-state index contributed by atoms with van der Waals surface area (Å²) in [5.74, 6) is 0.697. The van der Waals surface area contributed by atoms with Crippen molar-refractivity contribution in [3.05, 3.63) is 23.3 Å². The highest BCUT2D eigenvalue weighted by Crippen LogP contribution is 2.25. The molecular weight excluding hydrogens is 214 g/mol. The molecule has 0 amide bonds. The maximum absolute atomic E-state index is 11.3. The highest BCUT2D eigenvalue weighted by Gasteiger charge is 2.14. The molecule has 15 heavy (non-hydrogen) atoms. The zero-order valence-electron chi connectivity index (χ0n) is 9.07. The predicted molar refractivity (Wildman–Crippen MR) is 58.5 cm³/mol. The molecule has 0 aliphatic carbocycles. The maximum atomic E-state index is 11.3. The van der Waals surface area contributed by atoms with Crippen LogP contribution in [-0.2, 0) is 16.4 Å². The van der Waals surface area contributed by atoms with E-state index in [1.807, 2.05) is 6.92 Å². The van der Waals surface area contributed by atoms with Crippen LogP contribution in [0.15, 0.2) is 17.0 Å². The van der Waals surface area contributed by atoms with Gasteiger partial charge in [0.15, 0.2) is 0 Å². The van der Waals surface area contributed by atoms with E-state index in [-0.39, 0.29) is 4.90 Å². The fourth-order valence-electron chi connectivity index (χ4n) is 1.48. The summed E-state index contributed by atoms with van der Waals surface area (Å²) >= 11 is 0. The monoisotopic (exact) mass is 229 g/mol. The van der Waals surface area contributed by atoms with Gasteiger partial charge in [-0.2, -0.15) is 0 Å². The summed E-state index contributed by atoms with van der Waals surface area (Å²) in [4.78, 5) is 0.167. The molecule has 0 spiro atoms. The Hall–Kier alpha value is -1.07. The van der Waals surface area contributed by atoms with Crippen molar-refractivity contribution in [2.24, 2.45) is 5.14 Å². The second-order valence-electron chi connectivity index (χ2n) is 3.33. The Bertz CT molecular complexity index is 466. The third-order valence-electron chi connectivity index (χ3n) is 2.27. The summed E-state index contributed by atoms with van der Waals surface area (Å²) in [6, 6.07) is 3.27. The first kappa shape index (κ1) is 12.0. The Morgan fingerprint density at radius 2 is 2.00 bits per heavy atom. The number of benzene rings is 1. The lowest BCUT2D eigenvalue weighted by Gasteiger charge is -2.11. The number of aryl methyl sites for hydroxylation is 2. The zero-order valence-corrected chi connectivity index (χ0v) is 9.89. The summed E-state index contributed by atoms with van der Waals surface area (Å²) in [6.07, 6.45) is 0.700. The minimum atomic E-state index is -3.65. The summed E-state index contributed by atoms with van der Waals surface area (Å²) in [7, 11) is -2.09. The van der Waals surface area contributed by atoms with Gasteiger partial charge in [-0.05, 0) is 36.6 Å². The maximum Gasteiger partial charge on any atom is 0.238 e. The van der Waals surface area contributed by atoms with E-state index in [0.717, 1.165) is 5.56 Å². The summed E-state index contributed by atoms with van der Waals surface area (Å²) in [5.41, 5.74) is 1.44. The molecule has 84 valence electrons. The second kappa shape index (κ2) is 4.20. The van der Waals surface area contributed by atoms with Crippen molar-refractivity contribution in [3.8, 4) is 5.75 Å². The lowest BCUT2D eigenvalue weighted by atomic mass is 10.1. The highest BCUT2D eigenvalue weighted by atomic mass is 32.2. The van der Waals surface area contributed by atoms with Crippen LogP contribution in [0.2, 0.25) is 0 Å². The summed E-state index contributed by atoms with van der Waals surface area (Å²) in [5, 5.41) is 5.10. The van der Waals surface area contributed by atoms with Crippen molar-refractivity contribution >= 4 is 10.0 Å². The SMILES string of the molecule is CCc1cc(S(N)(=O)=O)c(C)cc1OC. The summed E-state index contributed by atoms with van der Waals surface area (Å²) < 4.78 is 27.7. The molecule has 1 aromatic rings. The number of ether oxygens (including phenoxy) is 1. The molecule has 0 aliphatic rings. The normalized spacial score (nSPS) is 11.5. The van der Waals surface area contributed by atoms with Gasteiger partial charge in [-0.25, -0.2) is 13.6 Å². The molecule has 0 heterocycles. The van der Waals surface area contributed by atoms with Gasteiger partial charge in [-0.3, -0.25) is 0 Å². The average molecular weight is 229 g/mol. The number of rotatable bonds is 3. The molecular formula is C10H15NO3S. The van der Waals surface area contributed by atoms with Crippen LogP contribution in [0.4, 0.5) is 0 Å². The van der Waals surface area contributed by atoms with E-state index in [2.05, 4.69) is 0 Å². The van der Waals surface area contributed by atoms with Gasteiger partial charge in [0.1, 0.15) is 5.75 Å². The Morgan fingerprint density at radius 3 is 2.40 bits per heavy atom. The standard InChI is InChI=1S/C10H15NO3S/c1-4-8-6-10(15(11,12)13)7(2)5-9(8)14-3/h5-6H,4H2,1-3H3,(H2,11,12,13).